The SMILES string of the molecule is FC(F)(F)c1cc(NC(=S)Nc2c(-c3ccccc3)cc3c(c2-c2c4c(cc(-c5ccccc5)c2NC(=S)Nc2cc(C(F)(F)F)cc(C(F)(F)F)c2)CCCC4)CCCC3)cc(C(F)(F)F)c1. The standard InChI is InChI=1S/C50H38F12N4S2/c51-47(52,53)31-21-32(48(54,55)56)24-35(23-31)63-45(67)65-43-39(27-11-3-1-4-12-27)19-29-15-7-9-17-37(29)41(43)42-38-18-10-8-16-30(38)20-40(28-13-5-2-6-14-28)44(42)66-46(68)64-36-25-33(49(57,58)59)22-34(26-36)50(60,61)62/h1-6,11-14,19-26H,7-10,15-18H2,(H2,63,65,67)(H2,64,66,68). The van der Waals surface area contributed by atoms with Crippen molar-refractivity contribution in [3.63, 3.8) is 0 Å². The first-order valence-electron chi connectivity index (χ1n) is 21.3. The third kappa shape index (κ3) is 10.6. The lowest BCUT2D eigenvalue weighted by Gasteiger charge is -2.32. The van der Waals surface area contributed by atoms with Crippen LogP contribution >= 0.6 is 24.4 Å². The molecule has 4 N–H and O–H groups in total. The van der Waals surface area contributed by atoms with Gasteiger partial charge in [-0.2, -0.15) is 52.7 Å². The summed E-state index contributed by atoms with van der Waals surface area (Å²) >= 11 is 11.5. The smallest absolute Gasteiger partial charge is 0.332 e. The molecule has 0 aliphatic heterocycles. The Bertz CT molecular complexity index is 2630. The zero-order chi connectivity index (χ0) is 48.8. The average Bonchev–Trinajstić information content (AvgIpc) is 3.28. The number of halogens is 12. The minimum absolute atomic E-state index is 0.00963. The normalized spacial score (nSPS) is 14.1. The molecule has 0 saturated carbocycles. The van der Waals surface area contributed by atoms with Gasteiger partial charge in [0.25, 0.3) is 0 Å². The number of nitrogens with one attached hydrogen (secondary N) is 4. The van der Waals surface area contributed by atoms with Gasteiger partial charge >= 0.3 is 24.7 Å². The second-order valence-corrected chi connectivity index (χ2v) is 17.3. The molecule has 0 aromatic heterocycles. The first-order chi connectivity index (χ1) is 32.0. The van der Waals surface area contributed by atoms with E-state index in [9.17, 15) is 52.7 Å². The van der Waals surface area contributed by atoms with Gasteiger partial charge in [-0.25, -0.2) is 0 Å². The van der Waals surface area contributed by atoms with E-state index in [2.05, 4.69) is 21.3 Å². The van der Waals surface area contributed by atoms with Crippen LogP contribution < -0.4 is 21.3 Å². The van der Waals surface area contributed by atoms with E-state index < -0.39 is 58.3 Å². The number of hydrogen-bond acceptors (Lipinski definition) is 2. The lowest BCUT2D eigenvalue weighted by molar-refractivity contribution is -0.144. The number of fused-ring (bicyclic) bond motifs is 2. The number of anilines is 4. The quantitative estimate of drug-likeness (QED) is 0.0945. The predicted octanol–water partition coefficient (Wildman–Crippen LogP) is 16.1. The van der Waals surface area contributed by atoms with Crippen molar-refractivity contribution in [2.75, 3.05) is 21.3 Å². The predicted molar refractivity (Wildman–Crippen MR) is 249 cm³/mol. The summed E-state index contributed by atoms with van der Waals surface area (Å²) in [6.45, 7) is 0. The molecule has 6 aromatic carbocycles. The summed E-state index contributed by atoms with van der Waals surface area (Å²) in [6.07, 6.45) is -15.1. The van der Waals surface area contributed by atoms with Crippen molar-refractivity contribution in [2.24, 2.45) is 0 Å². The van der Waals surface area contributed by atoms with E-state index in [-0.39, 0.29) is 22.4 Å². The van der Waals surface area contributed by atoms with Crippen LogP contribution in [0.3, 0.4) is 0 Å². The number of hydrogen-bond donors (Lipinski definition) is 4. The van der Waals surface area contributed by atoms with Gasteiger partial charge in [0.1, 0.15) is 0 Å². The van der Waals surface area contributed by atoms with Gasteiger partial charge in [-0.05, 0) is 158 Å². The fourth-order valence-electron chi connectivity index (χ4n) is 8.92. The van der Waals surface area contributed by atoms with Crippen molar-refractivity contribution in [3.05, 3.63) is 154 Å². The summed E-state index contributed by atoms with van der Waals surface area (Å²) in [5.74, 6) is 0. The first kappa shape index (κ1) is 48.3. The number of thiocarbonyl (C=S) groups is 2. The second-order valence-electron chi connectivity index (χ2n) is 16.5. The maximum atomic E-state index is 14.0. The Morgan fingerprint density at radius 3 is 1.00 bits per heavy atom. The minimum Gasteiger partial charge on any atom is -0.332 e. The van der Waals surface area contributed by atoms with E-state index in [1.807, 2.05) is 36.4 Å². The van der Waals surface area contributed by atoms with Crippen molar-refractivity contribution in [3.8, 4) is 33.4 Å². The van der Waals surface area contributed by atoms with Crippen molar-refractivity contribution in [1.82, 2.24) is 0 Å². The third-order valence-electron chi connectivity index (χ3n) is 11.9. The molecule has 0 saturated heterocycles. The van der Waals surface area contributed by atoms with Gasteiger partial charge in [0.15, 0.2) is 10.2 Å². The average molecular weight is 987 g/mol. The fraction of sp³-hybridized carbons (Fsp3) is 0.240. The van der Waals surface area contributed by atoms with E-state index in [0.717, 1.165) is 47.9 Å². The number of benzene rings is 6. The van der Waals surface area contributed by atoms with Crippen LogP contribution in [0.1, 0.15) is 70.2 Å². The molecule has 4 nitrogen and oxygen atoms in total. The number of alkyl halides is 12. The largest absolute Gasteiger partial charge is 0.416 e. The molecule has 354 valence electrons. The Morgan fingerprint density at radius 2 is 0.691 bits per heavy atom. The van der Waals surface area contributed by atoms with Crippen LogP contribution in [0.15, 0.2) is 109 Å². The summed E-state index contributed by atoms with van der Waals surface area (Å²) in [6, 6.07) is 24.1. The van der Waals surface area contributed by atoms with Crippen molar-refractivity contribution >= 4 is 57.4 Å². The molecule has 68 heavy (non-hydrogen) atoms. The van der Waals surface area contributed by atoms with E-state index in [0.29, 0.717) is 94.7 Å². The molecule has 0 bridgehead atoms. The molecule has 6 aromatic rings. The van der Waals surface area contributed by atoms with Crippen molar-refractivity contribution < 1.29 is 52.7 Å². The van der Waals surface area contributed by atoms with Crippen LogP contribution in [-0.4, -0.2) is 10.2 Å². The lowest BCUT2D eigenvalue weighted by atomic mass is 9.76. The highest BCUT2D eigenvalue weighted by Gasteiger charge is 2.39. The first-order valence-corrected chi connectivity index (χ1v) is 22.1. The second kappa shape index (κ2) is 18.7. The Kier molecular flexibility index (Phi) is 13.3. The van der Waals surface area contributed by atoms with E-state index in [1.165, 1.54) is 0 Å². The van der Waals surface area contributed by atoms with Gasteiger partial charge < -0.3 is 21.3 Å². The summed E-state index contributed by atoms with van der Waals surface area (Å²) < 4.78 is 168. The highest BCUT2D eigenvalue weighted by Crippen LogP contribution is 2.52. The molecule has 0 radical (unpaired) electrons. The number of rotatable bonds is 7. The maximum absolute atomic E-state index is 14.0. The molecule has 0 amide bonds. The van der Waals surface area contributed by atoms with Gasteiger partial charge in [0.2, 0.25) is 0 Å². The number of aryl methyl sites for hydroxylation is 2. The zero-order valence-electron chi connectivity index (χ0n) is 35.4. The van der Waals surface area contributed by atoms with E-state index >= 15 is 0 Å². The Labute approximate surface area is 393 Å². The molecule has 0 spiro atoms. The fourth-order valence-corrected chi connectivity index (χ4v) is 9.36. The minimum atomic E-state index is -5.14. The molecule has 0 unspecified atom stereocenters. The topological polar surface area (TPSA) is 48.1 Å². The molecule has 0 atom stereocenters. The lowest BCUT2D eigenvalue weighted by Crippen LogP contribution is -2.24. The Hall–Kier alpha value is -6.14. The van der Waals surface area contributed by atoms with Crippen molar-refractivity contribution in [1.29, 1.82) is 0 Å². The molecule has 18 heteroatoms. The van der Waals surface area contributed by atoms with Crippen LogP contribution in [-0.2, 0) is 50.4 Å². The van der Waals surface area contributed by atoms with Crippen LogP contribution in [0.2, 0.25) is 0 Å². The van der Waals surface area contributed by atoms with Gasteiger partial charge in [-0.1, -0.05) is 60.7 Å². The van der Waals surface area contributed by atoms with Gasteiger partial charge in [-0.15, -0.1) is 0 Å². The van der Waals surface area contributed by atoms with E-state index in [1.54, 1.807) is 36.4 Å². The van der Waals surface area contributed by atoms with Crippen LogP contribution in [0.25, 0.3) is 33.4 Å². The summed E-state index contributed by atoms with van der Waals surface area (Å²) in [5, 5.41) is 10.8. The maximum Gasteiger partial charge on any atom is 0.416 e. The highest BCUT2D eigenvalue weighted by molar-refractivity contribution is 7.81. The van der Waals surface area contributed by atoms with E-state index in [4.69, 9.17) is 24.4 Å². The molecule has 8 rings (SSSR count). The monoisotopic (exact) mass is 986 g/mol. The van der Waals surface area contributed by atoms with Crippen molar-refractivity contribution in [2.45, 2.75) is 76.1 Å². The zero-order valence-corrected chi connectivity index (χ0v) is 37.0. The molecule has 2 aliphatic carbocycles. The molecule has 0 heterocycles. The van der Waals surface area contributed by atoms with Gasteiger partial charge in [-0.3, -0.25) is 0 Å². The molecular weight excluding hydrogens is 949 g/mol. The van der Waals surface area contributed by atoms with Gasteiger partial charge in [0, 0.05) is 33.6 Å². The third-order valence-corrected chi connectivity index (χ3v) is 12.3. The van der Waals surface area contributed by atoms with Gasteiger partial charge in [0.05, 0.1) is 33.6 Å². The molecular formula is C50H38F12N4S2. The highest BCUT2D eigenvalue weighted by atomic mass is 32.1. The summed E-state index contributed by atoms with van der Waals surface area (Å²) in [4.78, 5) is 0. The Morgan fingerprint density at radius 1 is 0.382 bits per heavy atom. The Balaban J connectivity index is 1.37. The molecule has 0 fully saturated rings. The van der Waals surface area contributed by atoms with Crippen LogP contribution in [0.4, 0.5) is 75.4 Å². The van der Waals surface area contributed by atoms with Crippen LogP contribution in [0.5, 0.6) is 0 Å². The summed E-state index contributed by atoms with van der Waals surface area (Å²) in [7, 11) is 0. The van der Waals surface area contributed by atoms with Crippen LogP contribution in [0, 0.1) is 0 Å². The molecule has 2 aliphatic rings. The summed E-state index contributed by atoms with van der Waals surface area (Å²) in [5.41, 5.74) is 0.554.